The van der Waals surface area contributed by atoms with E-state index in [0.29, 0.717) is 59.2 Å². The molecule has 2 aromatic carbocycles. The fraction of sp³-hybridized carbons (Fsp3) is 0.310. The number of carboxylic acids is 1. The summed E-state index contributed by atoms with van der Waals surface area (Å²) in [4.78, 5) is 27.5. The van der Waals surface area contributed by atoms with E-state index < -0.39 is 11.6 Å². The summed E-state index contributed by atoms with van der Waals surface area (Å²) in [5.41, 5.74) is 3.11. The van der Waals surface area contributed by atoms with Crippen molar-refractivity contribution in [2.24, 2.45) is 7.05 Å². The van der Waals surface area contributed by atoms with Crippen LogP contribution in [0.3, 0.4) is 0 Å². The number of aliphatic hydroxyl groups is 1. The lowest BCUT2D eigenvalue weighted by Crippen LogP contribution is -2.42. The van der Waals surface area contributed by atoms with E-state index in [4.69, 9.17) is 9.15 Å². The van der Waals surface area contributed by atoms with Crippen molar-refractivity contribution >= 4 is 22.6 Å². The lowest BCUT2D eigenvalue weighted by molar-refractivity contribution is -0.136. The third-order valence-electron chi connectivity index (χ3n) is 6.74. The number of β-amino-alcohol motifs (C(OH)–C–C–N with tert-alkyl or cyclic N) is 1. The molecule has 0 saturated carbocycles. The first-order chi connectivity index (χ1) is 17.5. The molecule has 0 aliphatic carbocycles. The SMILES string of the molecule is Cc1c(-c2ccc3c(c2)N(CC(C)(C)O)CCO3)c(CC(=O)O)n(C)c(=O)c1-c1cc2ccccc2o1. The van der Waals surface area contributed by atoms with Crippen molar-refractivity contribution in [3.05, 3.63) is 70.1 Å². The van der Waals surface area contributed by atoms with Crippen molar-refractivity contribution in [2.45, 2.75) is 32.8 Å². The summed E-state index contributed by atoms with van der Waals surface area (Å²) < 4.78 is 13.3. The Morgan fingerprint density at radius 2 is 1.86 bits per heavy atom. The fourth-order valence-corrected chi connectivity index (χ4v) is 5.15. The first kappa shape index (κ1) is 24.6. The molecule has 0 spiro atoms. The molecule has 3 heterocycles. The third kappa shape index (κ3) is 4.60. The van der Waals surface area contributed by atoms with Gasteiger partial charge in [0.05, 0.1) is 29.8 Å². The van der Waals surface area contributed by atoms with E-state index in [-0.39, 0.29) is 12.0 Å². The van der Waals surface area contributed by atoms with E-state index in [0.717, 1.165) is 16.6 Å². The smallest absolute Gasteiger partial charge is 0.309 e. The van der Waals surface area contributed by atoms with Crippen LogP contribution in [0.15, 0.2) is 57.7 Å². The van der Waals surface area contributed by atoms with Crippen LogP contribution in [0.25, 0.3) is 33.4 Å². The number of anilines is 1. The Morgan fingerprint density at radius 3 is 2.57 bits per heavy atom. The number of carboxylic acid groups (broad SMARTS) is 1. The molecule has 0 unspecified atom stereocenters. The van der Waals surface area contributed by atoms with Crippen molar-refractivity contribution in [3.63, 3.8) is 0 Å². The van der Waals surface area contributed by atoms with Gasteiger partial charge in [0, 0.05) is 30.2 Å². The second-order valence-electron chi connectivity index (χ2n) is 10.2. The first-order valence-electron chi connectivity index (χ1n) is 12.2. The lowest BCUT2D eigenvalue weighted by Gasteiger charge is -2.35. The number of benzene rings is 2. The second kappa shape index (κ2) is 9.12. The standard InChI is InChI=1S/C29H30N2O6/c1-17-26(19-9-10-23-20(13-19)31(11-12-36-23)16-29(2,3)35)21(15-25(32)33)30(4)28(34)27(17)24-14-18-7-5-6-8-22(18)37-24/h5-10,13-14,35H,11-12,15-16H2,1-4H3,(H,32,33). The number of nitrogens with zero attached hydrogens (tertiary/aromatic N) is 2. The van der Waals surface area contributed by atoms with Gasteiger partial charge < -0.3 is 28.8 Å². The van der Waals surface area contributed by atoms with E-state index >= 15 is 0 Å². The van der Waals surface area contributed by atoms with Crippen LogP contribution in [0.4, 0.5) is 5.69 Å². The molecule has 1 aliphatic rings. The van der Waals surface area contributed by atoms with Crippen molar-refractivity contribution in [1.82, 2.24) is 4.57 Å². The summed E-state index contributed by atoms with van der Waals surface area (Å²) in [5, 5.41) is 21.0. The number of ether oxygens (including phenoxy) is 1. The molecule has 0 bridgehead atoms. The Bertz CT molecular complexity index is 1540. The van der Waals surface area contributed by atoms with Crippen molar-refractivity contribution in [2.75, 3.05) is 24.6 Å². The van der Waals surface area contributed by atoms with Crippen molar-refractivity contribution in [3.8, 4) is 28.2 Å². The molecular formula is C29H30N2O6. The molecule has 0 amide bonds. The quantitative estimate of drug-likeness (QED) is 0.403. The number of furan rings is 1. The molecule has 1 aliphatic heterocycles. The molecule has 8 nitrogen and oxygen atoms in total. The minimum absolute atomic E-state index is 0.316. The number of fused-ring (bicyclic) bond motifs is 2. The van der Waals surface area contributed by atoms with E-state index in [9.17, 15) is 19.8 Å². The van der Waals surface area contributed by atoms with Crippen LogP contribution >= 0.6 is 0 Å². The van der Waals surface area contributed by atoms with Crippen molar-refractivity contribution in [1.29, 1.82) is 0 Å². The van der Waals surface area contributed by atoms with Gasteiger partial charge in [-0.2, -0.15) is 0 Å². The van der Waals surface area contributed by atoms with Crippen LogP contribution in [-0.4, -0.2) is 46.0 Å². The third-order valence-corrected chi connectivity index (χ3v) is 6.74. The average molecular weight is 503 g/mol. The van der Waals surface area contributed by atoms with Crippen LogP contribution in [0.5, 0.6) is 5.75 Å². The van der Waals surface area contributed by atoms with Gasteiger partial charge in [-0.3, -0.25) is 9.59 Å². The zero-order valence-electron chi connectivity index (χ0n) is 21.4. The molecule has 8 heteroatoms. The van der Waals surface area contributed by atoms with E-state index in [1.807, 2.05) is 55.5 Å². The Labute approximate surface area is 214 Å². The molecule has 4 aromatic rings. The Morgan fingerprint density at radius 1 is 1.11 bits per heavy atom. The van der Waals surface area contributed by atoms with Crippen LogP contribution in [0.1, 0.15) is 25.1 Å². The van der Waals surface area contributed by atoms with Crippen LogP contribution in [0, 0.1) is 6.92 Å². The summed E-state index contributed by atoms with van der Waals surface area (Å²) in [6, 6.07) is 15.1. The predicted molar refractivity (Wildman–Crippen MR) is 142 cm³/mol. The number of pyridine rings is 1. The molecular weight excluding hydrogens is 472 g/mol. The Kier molecular flexibility index (Phi) is 6.07. The highest BCUT2D eigenvalue weighted by atomic mass is 16.5. The summed E-state index contributed by atoms with van der Waals surface area (Å²) in [6.07, 6.45) is -0.316. The van der Waals surface area contributed by atoms with E-state index in [2.05, 4.69) is 4.90 Å². The monoisotopic (exact) mass is 502 g/mol. The number of rotatable bonds is 6. The molecule has 2 N–H and O–H groups in total. The first-order valence-corrected chi connectivity index (χ1v) is 12.2. The van der Waals surface area contributed by atoms with Gasteiger partial charge in [-0.25, -0.2) is 0 Å². The summed E-state index contributed by atoms with van der Waals surface area (Å²) in [5.74, 6) is 0.100. The largest absolute Gasteiger partial charge is 0.490 e. The molecule has 37 heavy (non-hydrogen) atoms. The molecule has 0 radical (unpaired) electrons. The van der Waals surface area contributed by atoms with Crippen LogP contribution in [-0.2, 0) is 18.3 Å². The lowest BCUT2D eigenvalue weighted by atomic mass is 9.92. The molecule has 2 aromatic heterocycles. The maximum absolute atomic E-state index is 13.5. The number of carbonyl (C=O) groups is 1. The minimum atomic E-state index is -1.03. The second-order valence-corrected chi connectivity index (χ2v) is 10.2. The van der Waals surface area contributed by atoms with Gasteiger partial charge in [0.2, 0.25) is 0 Å². The number of hydrogen-bond donors (Lipinski definition) is 2. The summed E-state index contributed by atoms with van der Waals surface area (Å²) in [7, 11) is 1.60. The van der Waals surface area contributed by atoms with E-state index in [1.165, 1.54) is 4.57 Å². The van der Waals surface area contributed by atoms with Gasteiger partial charge in [-0.1, -0.05) is 24.3 Å². The highest BCUT2D eigenvalue weighted by Crippen LogP contribution is 2.40. The minimum Gasteiger partial charge on any atom is -0.490 e. The predicted octanol–water partition coefficient (Wildman–Crippen LogP) is 4.37. The number of hydrogen-bond acceptors (Lipinski definition) is 6. The van der Waals surface area contributed by atoms with Gasteiger partial charge in [-0.05, 0) is 56.2 Å². The molecule has 0 fully saturated rings. The molecule has 192 valence electrons. The topological polar surface area (TPSA) is 105 Å². The van der Waals surface area contributed by atoms with Gasteiger partial charge in [0.25, 0.3) is 5.56 Å². The highest BCUT2D eigenvalue weighted by molar-refractivity contribution is 5.87. The summed E-state index contributed by atoms with van der Waals surface area (Å²) >= 11 is 0. The van der Waals surface area contributed by atoms with Gasteiger partial charge in [0.1, 0.15) is 23.7 Å². The van der Waals surface area contributed by atoms with Gasteiger partial charge in [-0.15, -0.1) is 0 Å². The zero-order chi connectivity index (χ0) is 26.5. The maximum atomic E-state index is 13.5. The fourth-order valence-electron chi connectivity index (χ4n) is 5.15. The number of aliphatic carboxylic acids is 1. The van der Waals surface area contributed by atoms with Crippen LogP contribution in [0.2, 0.25) is 0 Å². The van der Waals surface area contributed by atoms with E-state index in [1.54, 1.807) is 20.9 Å². The van der Waals surface area contributed by atoms with Crippen molar-refractivity contribution < 1.29 is 24.2 Å². The van der Waals surface area contributed by atoms with Gasteiger partial charge >= 0.3 is 5.97 Å². The zero-order valence-corrected chi connectivity index (χ0v) is 21.4. The average Bonchev–Trinajstić information content (AvgIpc) is 3.25. The summed E-state index contributed by atoms with van der Waals surface area (Å²) in [6.45, 7) is 6.86. The number of para-hydroxylation sites is 1. The normalized spacial score (nSPS) is 13.5. The Hall–Kier alpha value is -4.04. The van der Waals surface area contributed by atoms with Gasteiger partial charge in [0.15, 0.2) is 0 Å². The number of aromatic nitrogens is 1. The highest BCUT2D eigenvalue weighted by Gasteiger charge is 2.27. The van der Waals surface area contributed by atoms with Crippen LogP contribution < -0.4 is 15.2 Å². The Balaban J connectivity index is 1.75. The molecule has 5 rings (SSSR count). The molecule has 0 atom stereocenters. The molecule has 0 saturated heterocycles. The maximum Gasteiger partial charge on any atom is 0.309 e.